The summed E-state index contributed by atoms with van der Waals surface area (Å²) in [6.07, 6.45) is 2.79. The molecular formula is C26H27NO8. The van der Waals surface area contributed by atoms with Gasteiger partial charge in [-0.2, -0.15) is 0 Å². The summed E-state index contributed by atoms with van der Waals surface area (Å²) in [5.74, 6) is 1.50. The molecule has 184 valence electrons. The van der Waals surface area contributed by atoms with Gasteiger partial charge in [0.1, 0.15) is 23.9 Å². The van der Waals surface area contributed by atoms with E-state index in [9.17, 15) is 9.59 Å². The van der Waals surface area contributed by atoms with Crippen molar-refractivity contribution < 1.29 is 37.8 Å². The summed E-state index contributed by atoms with van der Waals surface area (Å²) in [7, 11) is 4.47. The number of carbonyl (C=O) groups excluding carboxylic acids is 2. The number of methoxy groups -OCH3 is 3. The van der Waals surface area contributed by atoms with E-state index in [4.69, 9.17) is 28.2 Å². The number of rotatable bonds is 11. The van der Waals surface area contributed by atoms with Crippen molar-refractivity contribution in [3.05, 3.63) is 70.6 Å². The largest absolute Gasteiger partial charge is 0.497 e. The number of nitrogens with zero attached hydrogens (tertiary/aromatic N) is 1. The number of ether oxygens (including phenoxy) is 5. The van der Waals surface area contributed by atoms with Crippen LogP contribution >= 0.6 is 0 Å². The molecule has 0 N–H and O–H groups in total. The highest BCUT2D eigenvalue weighted by atomic mass is 16.5. The molecule has 0 radical (unpaired) electrons. The van der Waals surface area contributed by atoms with Gasteiger partial charge >= 0.3 is 5.97 Å². The fourth-order valence-corrected chi connectivity index (χ4v) is 3.22. The minimum atomic E-state index is -0.669. The second-order valence-electron chi connectivity index (χ2n) is 7.43. The number of hydrogen-bond donors (Lipinski definition) is 0. The van der Waals surface area contributed by atoms with Gasteiger partial charge in [0.2, 0.25) is 5.78 Å². The third kappa shape index (κ3) is 6.41. The van der Waals surface area contributed by atoms with E-state index in [-0.39, 0.29) is 12.2 Å². The van der Waals surface area contributed by atoms with Gasteiger partial charge in [0.05, 0.1) is 38.2 Å². The minimum absolute atomic E-state index is 0.264. The second-order valence-corrected chi connectivity index (χ2v) is 7.43. The Hall–Kier alpha value is -4.27. The molecule has 9 nitrogen and oxygen atoms in total. The molecular weight excluding hydrogens is 454 g/mol. The molecule has 0 spiro atoms. The van der Waals surface area contributed by atoms with E-state index >= 15 is 0 Å². The van der Waals surface area contributed by atoms with E-state index in [0.717, 1.165) is 11.3 Å². The summed E-state index contributed by atoms with van der Waals surface area (Å²) in [6.45, 7) is 3.51. The molecule has 0 atom stereocenters. The molecule has 35 heavy (non-hydrogen) atoms. The van der Waals surface area contributed by atoms with Crippen molar-refractivity contribution in [2.24, 2.45) is 0 Å². The van der Waals surface area contributed by atoms with E-state index < -0.39 is 18.4 Å². The topological polar surface area (TPSA) is 106 Å². The van der Waals surface area contributed by atoms with E-state index in [0.29, 0.717) is 34.3 Å². The summed E-state index contributed by atoms with van der Waals surface area (Å²) in [6, 6.07) is 10.0. The standard InChI is InChI=1S/C26H27NO8/c1-16-21(17(2)35-27-16)14-33-24-9-6-18(12-25(24)32-5)7-11-26(29)34-15-22(28)20-13-19(30-3)8-10-23(20)31-4/h6-13H,14-15H2,1-5H3/b11-7+. The third-order valence-corrected chi connectivity index (χ3v) is 5.21. The van der Waals surface area contributed by atoms with Gasteiger partial charge in [-0.3, -0.25) is 4.79 Å². The lowest BCUT2D eigenvalue weighted by Gasteiger charge is -2.11. The molecule has 9 heteroatoms. The van der Waals surface area contributed by atoms with Crippen molar-refractivity contribution in [2.45, 2.75) is 20.5 Å². The zero-order valence-corrected chi connectivity index (χ0v) is 20.2. The van der Waals surface area contributed by atoms with Gasteiger partial charge in [-0.05, 0) is 55.8 Å². The first-order chi connectivity index (χ1) is 16.9. The SMILES string of the molecule is COc1ccc(OC)c(C(=O)COC(=O)/C=C/c2ccc(OCc3c(C)noc3C)c(OC)c2)c1. The Morgan fingerprint density at radius 2 is 1.69 bits per heavy atom. The van der Waals surface area contributed by atoms with Gasteiger partial charge in [0.25, 0.3) is 0 Å². The lowest BCUT2D eigenvalue weighted by molar-refractivity contribution is -0.136. The Morgan fingerprint density at radius 3 is 2.34 bits per heavy atom. The number of ketones is 1. The molecule has 0 bridgehead atoms. The van der Waals surface area contributed by atoms with Crippen LogP contribution in [0.4, 0.5) is 0 Å². The molecule has 0 aliphatic heterocycles. The van der Waals surface area contributed by atoms with Gasteiger partial charge in [0.15, 0.2) is 18.1 Å². The van der Waals surface area contributed by atoms with E-state index in [1.54, 1.807) is 36.4 Å². The molecule has 1 heterocycles. The smallest absolute Gasteiger partial charge is 0.331 e. The van der Waals surface area contributed by atoms with Crippen molar-refractivity contribution in [1.29, 1.82) is 0 Å². The first-order valence-electron chi connectivity index (χ1n) is 10.7. The Labute approximate surface area is 203 Å². The predicted octanol–water partition coefficient (Wildman–Crippen LogP) is 4.34. The van der Waals surface area contributed by atoms with E-state index in [1.165, 1.54) is 33.5 Å². The normalized spacial score (nSPS) is 10.8. The van der Waals surface area contributed by atoms with E-state index in [1.807, 2.05) is 13.8 Å². The number of aromatic nitrogens is 1. The lowest BCUT2D eigenvalue weighted by atomic mass is 10.1. The molecule has 0 amide bonds. The van der Waals surface area contributed by atoms with Crippen molar-refractivity contribution in [3.63, 3.8) is 0 Å². The van der Waals surface area contributed by atoms with Crippen LogP contribution in [0.2, 0.25) is 0 Å². The maximum atomic E-state index is 12.5. The zero-order chi connectivity index (χ0) is 25.4. The molecule has 3 aromatic rings. The van der Waals surface area contributed by atoms with Crippen LogP contribution in [0.3, 0.4) is 0 Å². The highest BCUT2D eigenvalue weighted by Gasteiger charge is 2.16. The molecule has 2 aromatic carbocycles. The first-order valence-corrected chi connectivity index (χ1v) is 10.7. The molecule has 1 aromatic heterocycles. The Kier molecular flexibility index (Phi) is 8.50. The average molecular weight is 482 g/mol. The lowest BCUT2D eigenvalue weighted by Crippen LogP contribution is -2.13. The van der Waals surface area contributed by atoms with Gasteiger partial charge < -0.3 is 28.2 Å². The number of Topliss-reactive ketones (excluding diaryl/α,β-unsaturated/α-hetero) is 1. The number of carbonyl (C=O) groups is 2. The van der Waals surface area contributed by atoms with Gasteiger partial charge in [0, 0.05) is 6.08 Å². The van der Waals surface area contributed by atoms with Crippen LogP contribution < -0.4 is 18.9 Å². The van der Waals surface area contributed by atoms with Crippen molar-refractivity contribution in [1.82, 2.24) is 5.16 Å². The van der Waals surface area contributed by atoms with Gasteiger partial charge in [-0.15, -0.1) is 0 Å². The van der Waals surface area contributed by atoms with Crippen LogP contribution in [0.1, 0.15) is 32.9 Å². The zero-order valence-electron chi connectivity index (χ0n) is 20.2. The van der Waals surface area contributed by atoms with Crippen LogP contribution in [0.5, 0.6) is 23.0 Å². The average Bonchev–Trinajstić information content (AvgIpc) is 3.20. The quantitative estimate of drug-likeness (QED) is 0.225. The summed E-state index contributed by atoms with van der Waals surface area (Å²) in [5.41, 5.74) is 2.59. The molecule has 0 saturated carbocycles. The Bertz CT molecular complexity index is 1210. The molecule has 0 fully saturated rings. The number of esters is 1. The fraction of sp³-hybridized carbons (Fsp3) is 0.269. The highest BCUT2D eigenvalue weighted by Crippen LogP contribution is 2.30. The summed E-state index contributed by atoms with van der Waals surface area (Å²) in [4.78, 5) is 24.7. The van der Waals surface area contributed by atoms with Gasteiger partial charge in [-0.25, -0.2) is 4.79 Å². The van der Waals surface area contributed by atoms with Crippen LogP contribution in [0.15, 0.2) is 47.0 Å². The maximum Gasteiger partial charge on any atom is 0.331 e. The molecule has 3 rings (SSSR count). The molecule has 0 unspecified atom stereocenters. The first kappa shape index (κ1) is 25.4. The minimum Gasteiger partial charge on any atom is -0.497 e. The van der Waals surface area contributed by atoms with Crippen LogP contribution in [0, 0.1) is 13.8 Å². The maximum absolute atomic E-state index is 12.5. The summed E-state index contributed by atoms with van der Waals surface area (Å²) >= 11 is 0. The third-order valence-electron chi connectivity index (χ3n) is 5.21. The van der Waals surface area contributed by atoms with Gasteiger partial charge in [-0.1, -0.05) is 11.2 Å². The molecule has 0 saturated heterocycles. The monoisotopic (exact) mass is 481 g/mol. The number of hydrogen-bond acceptors (Lipinski definition) is 9. The van der Waals surface area contributed by atoms with E-state index in [2.05, 4.69) is 5.16 Å². The van der Waals surface area contributed by atoms with Crippen LogP contribution in [-0.4, -0.2) is 44.8 Å². The summed E-state index contributed by atoms with van der Waals surface area (Å²) in [5, 5.41) is 3.91. The van der Waals surface area contributed by atoms with Crippen molar-refractivity contribution in [3.8, 4) is 23.0 Å². The fourth-order valence-electron chi connectivity index (χ4n) is 3.22. The number of aryl methyl sites for hydroxylation is 2. The molecule has 0 aliphatic carbocycles. The predicted molar refractivity (Wildman–Crippen MR) is 127 cm³/mol. The number of benzene rings is 2. The van der Waals surface area contributed by atoms with Crippen molar-refractivity contribution in [2.75, 3.05) is 27.9 Å². The van der Waals surface area contributed by atoms with Crippen LogP contribution in [0.25, 0.3) is 6.08 Å². The Balaban J connectivity index is 1.60. The van der Waals surface area contributed by atoms with Crippen LogP contribution in [-0.2, 0) is 16.1 Å². The highest BCUT2D eigenvalue weighted by molar-refractivity contribution is 6.01. The molecule has 0 aliphatic rings. The second kappa shape index (κ2) is 11.7. The summed E-state index contributed by atoms with van der Waals surface area (Å²) < 4.78 is 31.8. The Morgan fingerprint density at radius 1 is 0.943 bits per heavy atom. The van der Waals surface area contributed by atoms with Crippen molar-refractivity contribution >= 4 is 17.8 Å².